The van der Waals surface area contributed by atoms with Crippen molar-refractivity contribution in [3.63, 3.8) is 0 Å². The van der Waals surface area contributed by atoms with Gasteiger partial charge in [0.05, 0.1) is 28.8 Å². The predicted octanol–water partition coefficient (Wildman–Crippen LogP) is 4.21. The molecule has 3 rings (SSSR count). The van der Waals surface area contributed by atoms with E-state index in [1.165, 1.54) is 12.1 Å². The number of aromatic hydroxyl groups is 1. The van der Waals surface area contributed by atoms with E-state index >= 15 is 0 Å². The Morgan fingerprint density at radius 3 is 2.69 bits per heavy atom. The van der Waals surface area contributed by atoms with Gasteiger partial charge in [0.2, 0.25) is 0 Å². The first-order valence-electron chi connectivity index (χ1n) is 8.09. The van der Waals surface area contributed by atoms with Crippen molar-refractivity contribution in [3.05, 3.63) is 52.1 Å². The van der Waals surface area contributed by atoms with E-state index < -0.39 is 16.4 Å². The molecule has 0 amide bonds. The van der Waals surface area contributed by atoms with E-state index in [1.807, 2.05) is 23.6 Å². The molecule has 0 aliphatic carbocycles. The Labute approximate surface area is 149 Å². The van der Waals surface area contributed by atoms with Gasteiger partial charge in [-0.3, -0.25) is 10.1 Å². The van der Waals surface area contributed by atoms with Crippen LogP contribution in [0.2, 0.25) is 0 Å². The van der Waals surface area contributed by atoms with Gasteiger partial charge in [-0.05, 0) is 30.7 Å². The Bertz CT molecular complexity index is 1050. The zero-order chi connectivity index (χ0) is 18.8. The standard InChI is InChI=1S/C19H17N3O4/c1-3-8-21-16-10-13(26-2)5-6-14(16)15(11-20)19(21)12-4-7-18(23)17(9-12)22(24)25/h4-7,9-10,23H,3,8H2,1-2H3. The smallest absolute Gasteiger partial charge is 0.311 e. The van der Waals surface area contributed by atoms with Crippen molar-refractivity contribution < 1.29 is 14.8 Å². The van der Waals surface area contributed by atoms with Crippen LogP contribution in [0.3, 0.4) is 0 Å². The fraction of sp³-hybridized carbons (Fsp3) is 0.211. The Kier molecular flexibility index (Phi) is 4.50. The minimum absolute atomic E-state index is 0.391. The van der Waals surface area contributed by atoms with E-state index in [1.54, 1.807) is 19.2 Å². The molecular formula is C19H17N3O4. The lowest BCUT2D eigenvalue weighted by molar-refractivity contribution is -0.385. The molecule has 0 unspecified atom stereocenters. The molecule has 0 spiro atoms. The summed E-state index contributed by atoms with van der Waals surface area (Å²) in [6.45, 7) is 2.65. The third-order valence-corrected chi connectivity index (χ3v) is 4.28. The summed E-state index contributed by atoms with van der Waals surface area (Å²) in [6.07, 6.45) is 0.818. The number of fused-ring (bicyclic) bond motifs is 1. The number of nitro benzene ring substituents is 1. The molecule has 0 aliphatic rings. The van der Waals surface area contributed by atoms with Crippen molar-refractivity contribution >= 4 is 16.6 Å². The number of phenolic OH excluding ortho intramolecular Hbond substituents is 1. The maximum atomic E-state index is 11.2. The number of phenols is 1. The maximum absolute atomic E-state index is 11.2. The molecule has 0 aliphatic heterocycles. The number of benzene rings is 2. The fourth-order valence-electron chi connectivity index (χ4n) is 3.14. The SMILES string of the molecule is CCCn1c(-c2ccc(O)c([N+](=O)[O-])c2)c(C#N)c2ccc(OC)cc21. The lowest BCUT2D eigenvalue weighted by Crippen LogP contribution is -2.00. The number of methoxy groups -OCH3 is 1. The zero-order valence-electron chi connectivity index (χ0n) is 14.4. The number of nitrogens with zero attached hydrogens (tertiary/aromatic N) is 3. The highest BCUT2D eigenvalue weighted by atomic mass is 16.6. The van der Waals surface area contributed by atoms with Crippen LogP contribution in [0.5, 0.6) is 11.5 Å². The molecule has 26 heavy (non-hydrogen) atoms. The second-order valence-electron chi connectivity index (χ2n) is 5.83. The molecule has 0 radical (unpaired) electrons. The Morgan fingerprint density at radius 1 is 1.31 bits per heavy atom. The fourth-order valence-corrected chi connectivity index (χ4v) is 3.14. The van der Waals surface area contributed by atoms with Crippen molar-refractivity contribution in [1.29, 1.82) is 5.26 Å². The van der Waals surface area contributed by atoms with Crippen LogP contribution >= 0.6 is 0 Å². The van der Waals surface area contributed by atoms with E-state index in [2.05, 4.69) is 6.07 Å². The zero-order valence-corrected chi connectivity index (χ0v) is 14.4. The maximum Gasteiger partial charge on any atom is 0.311 e. The number of ether oxygens (including phenoxy) is 1. The van der Waals surface area contributed by atoms with Crippen LogP contribution in [0.1, 0.15) is 18.9 Å². The first kappa shape index (κ1) is 17.3. The summed E-state index contributed by atoms with van der Waals surface area (Å²) in [5.74, 6) is 0.261. The topological polar surface area (TPSA) is 101 Å². The monoisotopic (exact) mass is 351 g/mol. The van der Waals surface area contributed by atoms with Crippen molar-refractivity contribution in [1.82, 2.24) is 4.57 Å². The van der Waals surface area contributed by atoms with E-state index in [9.17, 15) is 20.5 Å². The molecule has 7 nitrogen and oxygen atoms in total. The van der Waals surface area contributed by atoms with E-state index in [0.29, 0.717) is 29.1 Å². The molecule has 0 bridgehead atoms. The second kappa shape index (κ2) is 6.76. The number of aromatic nitrogens is 1. The van der Waals surface area contributed by atoms with E-state index in [0.717, 1.165) is 17.3 Å². The first-order chi connectivity index (χ1) is 12.5. The molecule has 0 saturated heterocycles. The molecule has 1 aromatic heterocycles. The summed E-state index contributed by atoms with van der Waals surface area (Å²) < 4.78 is 7.26. The average Bonchev–Trinajstić information content (AvgIpc) is 2.95. The van der Waals surface area contributed by atoms with Gasteiger partial charge in [-0.25, -0.2) is 0 Å². The van der Waals surface area contributed by atoms with Gasteiger partial charge in [-0.15, -0.1) is 0 Å². The molecule has 2 aromatic carbocycles. The summed E-state index contributed by atoms with van der Waals surface area (Å²) in [5.41, 5.74) is 1.98. The minimum atomic E-state index is -0.638. The molecule has 7 heteroatoms. The van der Waals surface area contributed by atoms with E-state index in [-0.39, 0.29) is 0 Å². The van der Waals surface area contributed by atoms with Crippen LogP contribution in [0, 0.1) is 21.4 Å². The Morgan fingerprint density at radius 2 is 2.08 bits per heavy atom. The third kappa shape index (κ3) is 2.71. The van der Waals surface area contributed by atoms with Crippen molar-refractivity contribution in [2.75, 3.05) is 7.11 Å². The summed E-state index contributed by atoms with van der Waals surface area (Å²) in [5, 5.41) is 31.4. The molecule has 1 heterocycles. The van der Waals surface area contributed by atoms with Crippen LogP contribution in [0.4, 0.5) is 5.69 Å². The lowest BCUT2D eigenvalue weighted by Gasteiger charge is -2.11. The number of rotatable bonds is 5. The van der Waals surface area contributed by atoms with Crippen molar-refractivity contribution in [2.24, 2.45) is 0 Å². The molecule has 1 N–H and O–H groups in total. The van der Waals surface area contributed by atoms with Crippen molar-refractivity contribution in [2.45, 2.75) is 19.9 Å². The van der Waals surface area contributed by atoms with Gasteiger partial charge in [0.15, 0.2) is 5.75 Å². The van der Waals surface area contributed by atoms with Gasteiger partial charge < -0.3 is 14.4 Å². The Balaban J connectivity index is 2.38. The summed E-state index contributed by atoms with van der Waals surface area (Å²) in [4.78, 5) is 10.5. The number of nitro groups is 1. The molecule has 3 aromatic rings. The van der Waals surface area contributed by atoms with Crippen LogP contribution in [0.25, 0.3) is 22.2 Å². The predicted molar refractivity (Wildman–Crippen MR) is 97.3 cm³/mol. The molecule has 0 fully saturated rings. The van der Waals surface area contributed by atoms with Crippen LogP contribution < -0.4 is 4.74 Å². The highest BCUT2D eigenvalue weighted by molar-refractivity contribution is 5.95. The minimum Gasteiger partial charge on any atom is -0.502 e. The Hall–Kier alpha value is -3.53. The van der Waals surface area contributed by atoms with Crippen LogP contribution in [-0.2, 0) is 6.54 Å². The lowest BCUT2D eigenvalue weighted by atomic mass is 10.0. The number of aryl methyl sites for hydroxylation is 1. The number of hydrogen-bond acceptors (Lipinski definition) is 5. The van der Waals surface area contributed by atoms with Gasteiger partial charge in [-0.2, -0.15) is 5.26 Å². The molecule has 132 valence electrons. The van der Waals surface area contributed by atoms with Gasteiger partial charge in [0, 0.05) is 29.6 Å². The van der Waals surface area contributed by atoms with Crippen molar-refractivity contribution in [3.8, 4) is 28.8 Å². The average molecular weight is 351 g/mol. The largest absolute Gasteiger partial charge is 0.502 e. The van der Waals surface area contributed by atoms with Gasteiger partial charge >= 0.3 is 5.69 Å². The quantitative estimate of drug-likeness (QED) is 0.548. The number of hydrogen-bond donors (Lipinski definition) is 1. The first-order valence-corrected chi connectivity index (χ1v) is 8.09. The summed E-state index contributed by atoms with van der Waals surface area (Å²) in [7, 11) is 1.57. The van der Waals surface area contributed by atoms with Gasteiger partial charge in [-0.1, -0.05) is 6.92 Å². The highest BCUT2D eigenvalue weighted by Crippen LogP contribution is 2.38. The molecular weight excluding hydrogens is 334 g/mol. The summed E-state index contributed by atoms with van der Waals surface area (Å²) >= 11 is 0. The number of nitriles is 1. The molecule has 0 atom stereocenters. The summed E-state index contributed by atoms with van der Waals surface area (Å²) in [6, 6.07) is 11.8. The van der Waals surface area contributed by atoms with Crippen LogP contribution in [0.15, 0.2) is 36.4 Å². The second-order valence-corrected chi connectivity index (χ2v) is 5.83. The third-order valence-electron chi connectivity index (χ3n) is 4.28. The van der Waals surface area contributed by atoms with E-state index in [4.69, 9.17) is 4.74 Å². The molecule has 0 saturated carbocycles. The van der Waals surface area contributed by atoms with Gasteiger partial charge in [0.1, 0.15) is 11.8 Å². The van der Waals surface area contributed by atoms with Gasteiger partial charge in [0.25, 0.3) is 0 Å². The van der Waals surface area contributed by atoms with Crippen LogP contribution in [-0.4, -0.2) is 21.7 Å². The normalized spacial score (nSPS) is 10.7. The highest BCUT2D eigenvalue weighted by Gasteiger charge is 2.22.